The van der Waals surface area contributed by atoms with Crippen molar-refractivity contribution in [1.29, 1.82) is 0 Å². The lowest BCUT2D eigenvalue weighted by Gasteiger charge is -2.04. The lowest BCUT2D eigenvalue weighted by Crippen LogP contribution is -2.12. The Kier molecular flexibility index (Phi) is 3.72. The Morgan fingerprint density at radius 1 is 1.32 bits per heavy atom. The zero-order chi connectivity index (χ0) is 13.8. The molecule has 0 aliphatic rings. The smallest absolute Gasteiger partial charge is 0.274 e. The van der Waals surface area contributed by atoms with Crippen LogP contribution >= 0.6 is 11.6 Å². The Morgan fingerprint density at radius 2 is 2.11 bits per heavy atom. The molecule has 0 atom stereocenters. The van der Waals surface area contributed by atoms with E-state index >= 15 is 0 Å². The second-order valence-corrected chi connectivity index (χ2v) is 4.06. The summed E-state index contributed by atoms with van der Waals surface area (Å²) in [4.78, 5) is 25.8. The molecule has 1 amide bonds. The predicted octanol–water partition coefficient (Wildman–Crippen LogP) is 2.90. The van der Waals surface area contributed by atoms with E-state index in [0.29, 0.717) is 10.6 Å². The zero-order valence-corrected chi connectivity index (χ0v) is 10.3. The number of carbonyl (C=O) groups is 1. The Hall–Kier alpha value is -2.47. The Bertz CT molecular complexity index is 646. The highest BCUT2D eigenvalue weighted by atomic mass is 35.5. The first-order valence-corrected chi connectivity index (χ1v) is 5.61. The van der Waals surface area contributed by atoms with Crippen LogP contribution in [-0.4, -0.2) is 15.8 Å². The number of amides is 1. The molecule has 0 aliphatic heterocycles. The van der Waals surface area contributed by atoms with Crippen molar-refractivity contribution in [3.8, 4) is 0 Å². The van der Waals surface area contributed by atoms with Crippen LogP contribution in [0, 0.1) is 10.1 Å². The van der Waals surface area contributed by atoms with Crippen LogP contribution < -0.4 is 5.32 Å². The van der Waals surface area contributed by atoms with Crippen LogP contribution in [0.3, 0.4) is 0 Å². The van der Waals surface area contributed by atoms with Crippen LogP contribution in [0.4, 0.5) is 11.5 Å². The van der Waals surface area contributed by atoms with Crippen molar-refractivity contribution in [3.63, 3.8) is 0 Å². The number of carbonyl (C=O) groups excluding carboxylic acids is 1. The third kappa shape index (κ3) is 3.26. The topological polar surface area (TPSA) is 85.1 Å². The highest BCUT2D eigenvalue weighted by molar-refractivity contribution is 6.31. The molecule has 19 heavy (non-hydrogen) atoms. The van der Waals surface area contributed by atoms with Gasteiger partial charge < -0.3 is 5.32 Å². The van der Waals surface area contributed by atoms with Crippen LogP contribution in [0.15, 0.2) is 42.6 Å². The molecule has 1 aromatic heterocycles. The van der Waals surface area contributed by atoms with Gasteiger partial charge in [-0.3, -0.25) is 14.9 Å². The lowest BCUT2D eigenvalue weighted by molar-refractivity contribution is -0.384. The fourth-order valence-corrected chi connectivity index (χ4v) is 1.61. The molecule has 1 N–H and O–H groups in total. The summed E-state index contributed by atoms with van der Waals surface area (Å²) < 4.78 is 0. The van der Waals surface area contributed by atoms with Crippen molar-refractivity contribution in [1.82, 2.24) is 4.98 Å². The SMILES string of the molecule is O=C(Nc1cc([N+](=O)[O-])ccn1)c1cccc(Cl)c1. The lowest BCUT2D eigenvalue weighted by atomic mass is 10.2. The average molecular weight is 278 g/mol. The molecule has 1 aromatic carbocycles. The van der Waals surface area contributed by atoms with Crippen molar-refractivity contribution in [2.24, 2.45) is 0 Å². The fourth-order valence-electron chi connectivity index (χ4n) is 1.42. The molecule has 0 saturated carbocycles. The van der Waals surface area contributed by atoms with Gasteiger partial charge in [-0.1, -0.05) is 17.7 Å². The van der Waals surface area contributed by atoms with Gasteiger partial charge in [-0.2, -0.15) is 0 Å². The minimum Gasteiger partial charge on any atom is -0.306 e. The molecule has 0 unspecified atom stereocenters. The van der Waals surface area contributed by atoms with Crippen molar-refractivity contribution in [2.75, 3.05) is 5.32 Å². The third-order valence-electron chi connectivity index (χ3n) is 2.28. The number of pyridine rings is 1. The van der Waals surface area contributed by atoms with Crippen molar-refractivity contribution in [2.45, 2.75) is 0 Å². The van der Waals surface area contributed by atoms with Crippen LogP contribution in [0.25, 0.3) is 0 Å². The maximum Gasteiger partial charge on any atom is 0.274 e. The molecule has 2 rings (SSSR count). The van der Waals surface area contributed by atoms with E-state index in [1.165, 1.54) is 24.4 Å². The number of hydrogen-bond donors (Lipinski definition) is 1. The molecule has 96 valence electrons. The molecular weight excluding hydrogens is 270 g/mol. The number of benzene rings is 1. The molecule has 0 spiro atoms. The minimum absolute atomic E-state index is 0.110. The monoisotopic (exact) mass is 277 g/mol. The normalized spacial score (nSPS) is 9.95. The van der Waals surface area contributed by atoms with E-state index in [4.69, 9.17) is 11.6 Å². The molecule has 0 radical (unpaired) electrons. The summed E-state index contributed by atoms with van der Waals surface area (Å²) in [5.74, 6) is -0.324. The van der Waals surface area contributed by atoms with E-state index in [1.807, 2.05) is 0 Å². The number of rotatable bonds is 3. The first kappa shape index (κ1) is 13.0. The summed E-state index contributed by atoms with van der Waals surface area (Å²) in [6.07, 6.45) is 1.26. The molecule has 2 aromatic rings. The van der Waals surface area contributed by atoms with Crippen molar-refractivity contribution < 1.29 is 9.72 Å². The van der Waals surface area contributed by atoms with E-state index in [2.05, 4.69) is 10.3 Å². The second-order valence-electron chi connectivity index (χ2n) is 3.62. The van der Waals surface area contributed by atoms with Crippen molar-refractivity contribution >= 4 is 29.0 Å². The standard InChI is InChI=1S/C12H8ClN3O3/c13-9-3-1-2-8(6-9)12(17)15-11-7-10(16(18)19)4-5-14-11/h1-7H,(H,14,15,17). The zero-order valence-electron chi connectivity index (χ0n) is 9.54. The molecule has 0 saturated heterocycles. The molecule has 0 bridgehead atoms. The quantitative estimate of drug-likeness (QED) is 0.690. The fraction of sp³-hybridized carbons (Fsp3) is 0. The molecule has 0 fully saturated rings. The van der Waals surface area contributed by atoms with E-state index in [9.17, 15) is 14.9 Å². The van der Waals surface area contributed by atoms with Gasteiger partial charge in [-0.15, -0.1) is 0 Å². The van der Waals surface area contributed by atoms with Gasteiger partial charge in [0, 0.05) is 22.8 Å². The van der Waals surface area contributed by atoms with Gasteiger partial charge in [-0.25, -0.2) is 4.98 Å². The van der Waals surface area contributed by atoms with Gasteiger partial charge in [0.1, 0.15) is 5.82 Å². The minimum atomic E-state index is -0.559. The summed E-state index contributed by atoms with van der Waals surface area (Å²) >= 11 is 5.77. The number of nitro groups is 1. The van der Waals surface area contributed by atoms with E-state index < -0.39 is 10.8 Å². The maximum absolute atomic E-state index is 11.9. The molecule has 7 heteroatoms. The van der Waals surface area contributed by atoms with Crippen LogP contribution in [-0.2, 0) is 0 Å². The maximum atomic E-state index is 11.9. The third-order valence-corrected chi connectivity index (χ3v) is 2.52. The first-order valence-electron chi connectivity index (χ1n) is 5.23. The van der Waals surface area contributed by atoms with Crippen LogP contribution in [0.5, 0.6) is 0 Å². The van der Waals surface area contributed by atoms with Gasteiger partial charge in [-0.05, 0) is 18.2 Å². The molecule has 0 aliphatic carbocycles. The highest BCUT2D eigenvalue weighted by Gasteiger charge is 2.10. The first-order chi connectivity index (χ1) is 9.06. The second kappa shape index (κ2) is 5.45. The van der Waals surface area contributed by atoms with Crippen molar-refractivity contribution in [3.05, 3.63) is 63.3 Å². The number of hydrogen-bond acceptors (Lipinski definition) is 4. The Balaban J connectivity index is 2.19. The summed E-state index contributed by atoms with van der Waals surface area (Å²) in [6, 6.07) is 8.78. The summed E-state index contributed by atoms with van der Waals surface area (Å²) in [5.41, 5.74) is 0.206. The average Bonchev–Trinajstić information content (AvgIpc) is 2.39. The van der Waals surface area contributed by atoms with Crippen LogP contribution in [0.1, 0.15) is 10.4 Å². The highest BCUT2D eigenvalue weighted by Crippen LogP contribution is 2.16. The van der Waals surface area contributed by atoms with Gasteiger partial charge in [0.2, 0.25) is 0 Å². The summed E-state index contributed by atoms with van der Waals surface area (Å²) in [5, 5.41) is 13.5. The predicted molar refractivity (Wildman–Crippen MR) is 70.3 cm³/mol. The molecular formula is C12H8ClN3O3. The number of anilines is 1. The largest absolute Gasteiger partial charge is 0.306 e. The number of nitrogens with one attached hydrogen (secondary N) is 1. The van der Waals surface area contributed by atoms with E-state index in [-0.39, 0.29) is 11.5 Å². The number of aromatic nitrogens is 1. The number of nitrogens with zero attached hydrogens (tertiary/aromatic N) is 2. The van der Waals surface area contributed by atoms with Gasteiger partial charge >= 0.3 is 0 Å². The Morgan fingerprint density at radius 3 is 2.79 bits per heavy atom. The van der Waals surface area contributed by atoms with Gasteiger partial charge in [0.25, 0.3) is 11.6 Å². The summed E-state index contributed by atoms with van der Waals surface area (Å²) in [6.45, 7) is 0. The summed E-state index contributed by atoms with van der Waals surface area (Å²) in [7, 11) is 0. The molecule has 6 nitrogen and oxygen atoms in total. The number of halogens is 1. The van der Waals surface area contributed by atoms with E-state index in [0.717, 1.165) is 0 Å². The van der Waals surface area contributed by atoms with Gasteiger partial charge in [0.15, 0.2) is 0 Å². The van der Waals surface area contributed by atoms with E-state index in [1.54, 1.807) is 18.2 Å². The van der Waals surface area contributed by atoms with Gasteiger partial charge in [0.05, 0.1) is 11.0 Å². The molecule has 1 heterocycles. The Labute approximate surface area is 113 Å². The van der Waals surface area contributed by atoms with Crippen LogP contribution in [0.2, 0.25) is 5.02 Å².